The van der Waals surface area contributed by atoms with Crippen molar-refractivity contribution in [1.82, 2.24) is 10.2 Å². The highest BCUT2D eigenvalue weighted by molar-refractivity contribution is 7.92. The summed E-state index contributed by atoms with van der Waals surface area (Å²) in [5.41, 5.74) is 1.99. The number of benzene rings is 3. The van der Waals surface area contributed by atoms with Crippen LogP contribution in [0.25, 0.3) is 0 Å². The molecular weight excluding hydrogens is 538 g/mol. The highest BCUT2D eigenvalue weighted by Gasteiger charge is 2.34. The van der Waals surface area contributed by atoms with E-state index in [4.69, 9.17) is 4.74 Å². The van der Waals surface area contributed by atoms with Crippen LogP contribution in [0.1, 0.15) is 45.2 Å². The van der Waals surface area contributed by atoms with Crippen LogP contribution < -0.4 is 14.4 Å². The van der Waals surface area contributed by atoms with E-state index in [1.54, 1.807) is 43.5 Å². The number of carbonyl (C=O) groups excluding carboxylic acids is 2. The fourth-order valence-electron chi connectivity index (χ4n) is 4.60. The minimum Gasteiger partial charge on any atom is -0.497 e. The molecule has 0 aliphatic rings. The third-order valence-corrected chi connectivity index (χ3v) is 8.58. The maximum Gasteiger partial charge on any atom is 0.264 e. The largest absolute Gasteiger partial charge is 0.497 e. The fraction of sp³-hybridized carbons (Fsp3) is 0.375. The van der Waals surface area contributed by atoms with Crippen molar-refractivity contribution in [3.8, 4) is 5.75 Å². The van der Waals surface area contributed by atoms with Crippen molar-refractivity contribution in [3.05, 3.63) is 90.0 Å². The number of hydrogen-bond donors (Lipinski definition) is 1. The molecule has 0 bridgehead atoms. The van der Waals surface area contributed by atoms with Gasteiger partial charge in [-0.25, -0.2) is 8.42 Å². The molecule has 0 aromatic heterocycles. The van der Waals surface area contributed by atoms with E-state index in [0.717, 1.165) is 11.1 Å². The molecule has 0 aliphatic heterocycles. The molecule has 1 N–H and O–H groups in total. The number of para-hydroxylation sites is 1. The van der Waals surface area contributed by atoms with Crippen LogP contribution in [0.3, 0.4) is 0 Å². The van der Waals surface area contributed by atoms with Gasteiger partial charge in [0.2, 0.25) is 11.8 Å². The summed E-state index contributed by atoms with van der Waals surface area (Å²) in [5, 5.41) is 2.95. The van der Waals surface area contributed by atoms with Gasteiger partial charge < -0.3 is 15.0 Å². The van der Waals surface area contributed by atoms with Gasteiger partial charge in [-0.1, -0.05) is 76.2 Å². The summed E-state index contributed by atoms with van der Waals surface area (Å²) in [5.74, 6) is 0.0991. The van der Waals surface area contributed by atoms with Crippen molar-refractivity contribution in [2.75, 3.05) is 24.5 Å². The number of methoxy groups -OCH3 is 1. The molecule has 0 fully saturated rings. The molecule has 2 amide bonds. The van der Waals surface area contributed by atoms with Crippen molar-refractivity contribution in [2.24, 2.45) is 5.92 Å². The third-order valence-electron chi connectivity index (χ3n) is 6.81. The number of sulfonamides is 1. The molecule has 0 aliphatic carbocycles. The normalized spacial score (nSPS) is 12.0. The first kappa shape index (κ1) is 31.7. The molecule has 0 heterocycles. The Labute approximate surface area is 244 Å². The monoisotopic (exact) mass is 579 g/mol. The van der Waals surface area contributed by atoms with E-state index in [2.05, 4.69) is 5.32 Å². The Kier molecular flexibility index (Phi) is 11.3. The fourth-order valence-corrected chi connectivity index (χ4v) is 6.07. The molecule has 0 saturated heterocycles. The zero-order chi connectivity index (χ0) is 30.0. The number of anilines is 1. The minimum absolute atomic E-state index is 0.0831. The van der Waals surface area contributed by atoms with Crippen molar-refractivity contribution in [3.63, 3.8) is 0 Å². The maximum atomic E-state index is 14.2. The Morgan fingerprint density at radius 1 is 0.927 bits per heavy atom. The van der Waals surface area contributed by atoms with Gasteiger partial charge >= 0.3 is 0 Å². The molecule has 3 aromatic rings. The zero-order valence-electron chi connectivity index (χ0n) is 24.5. The highest BCUT2D eigenvalue weighted by Crippen LogP contribution is 2.28. The minimum atomic E-state index is -4.11. The van der Waals surface area contributed by atoms with Crippen molar-refractivity contribution >= 4 is 27.5 Å². The summed E-state index contributed by atoms with van der Waals surface area (Å²) in [6, 6.07) is 21.7. The lowest BCUT2D eigenvalue weighted by Crippen LogP contribution is -2.52. The summed E-state index contributed by atoms with van der Waals surface area (Å²) in [7, 11) is -2.54. The second-order valence-corrected chi connectivity index (χ2v) is 12.1. The van der Waals surface area contributed by atoms with E-state index < -0.39 is 28.5 Å². The lowest BCUT2D eigenvalue weighted by atomic mass is 10.1. The molecule has 3 aromatic carbocycles. The van der Waals surface area contributed by atoms with Gasteiger partial charge in [-0.15, -0.1) is 0 Å². The first-order valence-electron chi connectivity index (χ1n) is 14.0. The lowest BCUT2D eigenvalue weighted by Gasteiger charge is -2.34. The van der Waals surface area contributed by atoms with Crippen LogP contribution in [0, 0.1) is 5.92 Å². The molecule has 220 valence electrons. The number of aryl methyl sites for hydroxylation is 1. The van der Waals surface area contributed by atoms with Gasteiger partial charge in [0, 0.05) is 13.1 Å². The van der Waals surface area contributed by atoms with Crippen molar-refractivity contribution in [1.29, 1.82) is 0 Å². The van der Waals surface area contributed by atoms with E-state index in [9.17, 15) is 18.0 Å². The SMILES string of the molecule is CCc1ccccc1N(CC(=O)N(Cc1cccc(OC)c1)C(CC)C(=O)NCC(C)C)S(=O)(=O)c1ccccc1. The second kappa shape index (κ2) is 14.7. The number of rotatable bonds is 14. The standard InChI is InChI=1S/C32H41N3O5S/c1-6-26-15-11-12-19-30(26)35(41(38,39)28-17-9-8-10-18-28)23-31(36)34(22-25-14-13-16-27(20-25)40-5)29(7-2)32(37)33-21-24(3)4/h8-20,24,29H,6-7,21-23H2,1-5H3,(H,33,37). The molecule has 0 spiro atoms. The Morgan fingerprint density at radius 3 is 2.24 bits per heavy atom. The zero-order valence-corrected chi connectivity index (χ0v) is 25.4. The van der Waals surface area contributed by atoms with Gasteiger partial charge in [-0.2, -0.15) is 0 Å². The van der Waals surface area contributed by atoms with Crippen LogP contribution in [0.5, 0.6) is 5.75 Å². The van der Waals surface area contributed by atoms with E-state index >= 15 is 0 Å². The van der Waals surface area contributed by atoms with Crippen LogP contribution in [0.2, 0.25) is 0 Å². The van der Waals surface area contributed by atoms with Gasteiger partial charge in [0.15, 0.2) is 0 Å². The quantitative estimate of drug-likeness (QED) is 0.289. The van der Waals surface area contributed by atoms with Crippen LogP contribution in [-0.2, 0) is 32.6 Å². The highest BCUT2D eigenvalue weighted by atomic mass is 32.2. The maximum absolute atomic E-state index is 14.2. The van der Waals surface area contributed by atoms with Crippen LogP contribution >= 0.6 is 0 Å². The summed E-state index contributed by atoms with van der Waals surface area (Å²) < 4.78 is 34.6. The number of amides is 2. The average molecular weight is 580 g/mol. The molecule has 1 unspecified atom stereocenters. The Bertz CT molecular complexity index is 1410. The molecule has 0 saturated carbocycles. The van der Waals surface area contributed by atoms with E-state index in [0.29, 0.717) is 30.8 Å². The first-order valence-corrected chi connectivity index (χ1v) is 15.4. The molecule has 0 radical (unpaired) electrons. The van der Waals surface area contributed by atoms with Gasteiger partial charge in [0.1, 0.15) is 18.3 Å². The van der Waals surface area contributed by atoms with Crippen LogP contribution in [0.15, 0.2) is 83.8 Å². The van der Waals surface area contributed by atoms with Crippen LogP contribution in [0.4, 0.5) is 5.69 Å². The van der Waals surface area contributed by atoms with Crippen LogP contribution in [-0.4, -0.2) is 51.4 Å². The number of nitrogens with one attached hydrogen (secondary N) is 1. The van der Waals surface area contributed by atoms with E-state index in [-0.39, 0.29) is 23.3 Å². The summed E-state index contributed by atoms with van der Waals surface area (Å²) >= 11 is 0. The summed E-state index contributed by atoms with van der Waals surface area (Å²) in [4.78, 5) is 29.1. The predicted octanol–water partition coefficient (Wildman–Crippen LogP) is 5.03. The smallest absolute Gasteiger partial charge is 0.264 e. The topological polar surface area (TPSA) is 96.0 Å². The Morgan fingerprint density at radius 2 is 1.61 bits per heavy atom. The van der Waals surface area contributed by atoms with Gasteiger partial charge in [-0.05, 0) is 60.2 Å². The number of ether oxygens (including phenoxy) is 1. The van der Waals surface area contributed by atoms with Gasteiger partial charge in [0.25, 0.3) is 10.0 Å². The molecule has 9 heteroatoms. The lowest BCUT2D eigenvalue weighted by molar-refractivity contribution is -0.140. The van der Waals surface area contributed by atoms with Gasteiger partial charge in [-0.3, -0.25) is 13.9 Å². The van der Waals surface area contributed by atoms with Crippen molar-refractivity contribution in [2.45, 2.75) is 58.0 Å². The molecular formula is C32H41N3O5S. The number of hydrogen-bond acceptors (Lipinski definition) is 5. The predicted molar refractivity (Wildman–Crippen MR) is 162 cm³/mol. The summed E-state index contributed by atoms with van der Waals surface area (Å²) in [6.45, 7) is 7.89. The second-order valence-electron chi connectivity index (χ2n) is 10.2. The molecule has 3 rings (SSSR count). The molecule has 1 atom stereocenters. The number of nitrogens with zero attached hydrogens (tertiary/aromatic N) is 2. The first-order chi connectivity index (χ1) is 19.6. The molecule has 8 nitrogen and oxygen atoms in total. The summed E-state index contributed by atoms with van der Waals surface area (Å²) in [6.07, 6.45) is 0.935. The average Bonchev–Trinajstić information content (AvgIpc) is 2.99. The van der Waals surface area contributed by atoms with Crippen molar-refractivity contribution < 1.29 is 22.7 Å². The van der Waals surface area contributed by atoms with E-state index in [1.807, 2.05) is 58.0 Å². The van der Waals surface area contributed by atoms with E-state index in [1.165, 1.54) is 21.3 Å². The Balaban J connectivity index is 2.08. The number of carbonyl (C=O) groups is 2. The Hall–Kier alpha value is -3.85. The van der Waals surface area contributed by atoms with Gasteiger partial charge in [0.05, 0.1) is 17.7 Å². The molecule has 41 heavy (non-hydrogen) atoms. The third kappa shape index (κ3) is 8.10.